The molecule has 0 saturated heterocycles. The molecule has 5 heteroatoms. The minimum absolute atomic E-state index is 0.190. The summed E-state index contributed by atoms with van der Waals surface area (Å²) in [5.41, 5.74) is 1.02. The summed E-state index contributed by atoms with van der Waals surface area (Å²) in [6.45, 7) is 3.50. The maximum atomic E-state index is 13.3. The fourth-order valence-electron chi connectivity index (χ4n) is 1.52. The Balaban J connectivity index is 2.18. The molecule has 0 aliphatic heterocycles. The molecule has 2 rings (SSSR count). The number of aromatic nitrogens is 1. The number of anilines is 1. The summed E-state index contributed by atoms with van der Waals surface area (Å²) in [7, 11) is 0. The number of carbonyl (C=O) groups is 1. The lowest BCUT2D eigenvalue weighted by molar-refractivity contribution is 0.101. The zero-order chi connectivity index (χ0) is 13.1. The summed E-state index contributed by atoms with van der Waals surface area (Å²) in [4.78, 5) is 11.9. The van der Waals surface area contributed by atoms with E-state index in [9.17, 15) is 9.18 Å². The van der Waals surface area contributed by atoms with Crippen molar-refractivity contribution in [2.75, 3.05) is 5.32 Å². The molecule has 1 heterocycles. The highest BCUT2D eigenvalue weighted by Crippen LogP contribution is 2.18. The molecule has 1 aromatic carbocycles. The van der Waals surface area contributed by atoms with Gasteiger partial charge in [0.1, 0.15) is 11.6 Å². The third-order valence-corrected chi connectivity index (χ3v) is 2.66. The molecule has 18 heavy (non-hydrogen) atoms. The monoisotopic (exact) mass is 248 g/mol. The molecule has 1 aromatic heterocycles. The predicted molar refractivity (Wildman–Crippen MR) is 65.0 cm³/mol. The topological polar surface area (TPSA) is 55.1 Å². The second kappa shape index (κ2) is 5.00. The van der Waals surface area contributed by atoms with Gasteiger partial charge in [0.15, 0.2) is 5.69 Å². The van der Waals surface area contributed by atoms with Crippen molar-refractivity contribution in [2.45, 2.75) is 20.3 Å². The van der Waals surface area contributed by atoms with Gasteiger partial charge in [0.05, 0.1) is 0 Å². The first kappa shape index (κ1) is 12.3. The van der Waals surface area contributed by atoms with Gasteiger partial charge in [0.25, 0.3) is 5.91 Å². The Bertz CT molecular complexity index is 578. The summed E-state index contributed by atoms with van der Waals surface area (Å²) in [6.07, 6.45) is 0.666. The predicted octanol–water partition coefficient (Wildman–Crippen LogP) is 2.94. The van der Waals surface area contributed by atoms with Gasteiger partial charge in [0, 0.05) is 23.7 Å². The molecule has 94 valence electrons. The molecule has 0 spiro atoms. The third-order valence-electron chi connectivity index (χ3n) is 2.66. The molecule has 0 saturated carbocycles. The largest absolute Gasteiger partial charge is 0.361 e. The number of hydrogen-bond acceptors (Lipinski definition) is 3. The Kier molecular flexibility index (Phi) is 3.41. The maximum absolute atomic E-state index is 13.3. The fraction of sp³-hybridized carbons (Fsp3) is 0.231. The molecular formula is C13H13FN2O2. The van der Waals surface area contributed by atoms with Crippen LogP contribution in [0.2, 0.25) is 0 Å². The summed E-state index contributed by atoms with van der Waals surface area (Å²) in [5, 5.41) is 6.26. The number of hydrogen-bond donors (Lipinski definition) is 1. The second-order valence-corrected chi connectivity index (χ2v) is 3.90. The van der Waals surface area contributed by atoms with Crippen molar-refractivity contribution in [3.63, 3.8) is 0 Å². The number of benzene rings is 1. The van der Waals surface area contributed by atoms with Gasteiger partial charge in [-0.05, 0) is 19.1 Å². The first-order valence-corrected chi connectivity index (χ1v) is 5.64. The maximum Gasteiger partial charge on any atom is 0.277 e. The minimum atomic E-state index is -0.410. The lowest BCUT2D eigenvalue weighted by Gasteiger charge is -2.06. The van der Waals surface area contributed by atoms with Crippen LogP contribution in [-0.4, -0.2) is 11.1 Å². The standard InChI is InChI=1S/C13H13FN2O2/c1-3-9-7-12(16-18-9)13(17)15-11-6-4-5-10(14)8(11)2/h4-7H,3H2,1-2H3,(H,15,17). The summed E-state index contributed by atoms with van der Waals surface area (Å²) in [6, 6.07) is 6.09. The molecule has 0 unspecified atom stereocenters. The number of nitrogens with zero attached hydrogens (tertiary/aromatic N) is 1. The van der Waals surface area contributed by atoms with E-state index in [2.05, 4.69) is 10.5 Å². The first-order chi connectivity index (χ1) is 8.61. The smallest absolute Gasteiger partial charge is 0.277 e. The highest BCUT2D eigenvalue weighted by atomic mass is 19.1. The minimum Gasteiger partial charge on any atom is -0.361 e. The van der Waals surface area contributed by atoms with Crippen LogP contribution in [0, 0.1) is 12.7 Å². The summed E-state index contributed by atoms with van der Waals surface area (Å²) in [5.74, 6) is -0.134. The normalized spacial score (nSPS) is 10.4. The molecule has 1 amide bonds. The van der Waals surface area contributed by atoms with Crippen LogP contribution in [0.25, 0.3) is 0 Å². The number of rotatable bonds is 3. The van der Waals surface area contributed by atoms with Crippen LogP contribution < -0.4 is 5.32 Å². The highest BCUT2D eigenvalue weighted by molar-refractivity contribution is 6.03. The highest BCUT2D eigenvalue weighted by Gasteiger charge is 2.13. The quantitative estimate of drug-likeness (QED) is 0.908. The van der Waals surface area contributed by atoms with E-state index < -0.39 is 5.91 Å². The van der Waals surface area contributed by atoms with Crippen molar-refractivity contribution < 1.29 is 13.7 Å². The molecule has 0 aliphatic rings. The number of aryl methyl sites for hydroxylation is 1. The number of halogens is 1. The molecule has 0 atom stereocenters. The summed E-state index contributed by atoms with van der Waals surface area (Å²) >= 11 is 0. The lowest BCUT2D eigenvalue weighted by Crippen LogP contribution is -2.13. The zero-order valence-corrected chi connectivity index (χ0v) is 10.2. The van der Waals surface area contributed by atoms with Crippen LogP contribution in [0.5, 0.6) is 0 Å². The van der Waals surface area contributed by atoms with Crippen molar-refractivity contribution in [1.82, 2.24) is 5.16 Å². The average molecular weight is 248 g/mol. The Morgan fingerprint density at radius 1 is 1.50 bits per heavy atom. The summed E-state index contributed by atoms with van der Waals surface area (Å²) < 4.78 is 18.2. The number of carbonyl (C=O) groups excluding carboxylic acids is 1. The molecule has 2 aromatic rings. The Hall–Kier alpha value is -2.17. The molecule has 0 radical (unpaired) electrons. The van der Waals surface area contributed by atoms with Crippen molar-refractivity contribution in [3.05, 3.63) is 47.1 Å². The van der Waals surface area contributed by atoms with Gasteiger partial charge in [-0.3, -0.25) is 4.79 Å². The van der Waals surface area contributed by atoms with Crippen molar-refractivity contribution in [2.24, 2.45) is 0 Å². The lowest BCUT2D eigenvalue weighted by atomic mass is 10.2. The van der Waals surface area contributed by atoms with Gasteiger partial charge in [-0.25, -0.2) is 4.39 Å². The molecule has 0 aliphatic carbocycles. The van der Waals surface area contributed by atoms with Crippen LogP contribution in [0.15, 0.2) is 28.8 Å². The van der Waals surface area contributed by atoms with E-state index in [0.717, 1.165) is 0 Å². The van der Waals surface area contributed by atoms with E-state index in [1.54, 1.807) is 19.1 Å². The van der Waals surface area contributed by atoms with Gasteiger partial charge >= 0.3 is 0 Å². The van der Waals surface area contributed by atoms with Crippen molar-refractivity contribution >= 4 is 11.6 Å². The van der Waals surface area contributed by atoms with E-state index in [-0.39, 0.29) is 11.5 Å². The molecule has 0 bridgehead atoms. The van der Waals surface area contributed by atoms with Crippen LogP contribution in [0.4, 0.5) is 10.1 Å². The van der Waals surface area contributed by atoms with E-state index in [1.807, 2.05) is 6.92 Å². The molecular weight excluding hydrogens is 235 g/mol. The molecule has 4 nitrogen and oxygen atoms in total. The SMILES string of the molecule is CCc1cc(C(=O)Nc2cccc(F)c2C)no1. The first-order valence-electron chi connectivity index (χ1n) is 5.64. The van der Waals surface area contributed by atoms with Gasteiger partial charge in [-0.1, -0.05) is 18.1 Å². The van der Waals surface area contributed by atoms with Crippen molar-refractivity contribution in [1.29, 1.82) is 0 Å². The van der Waals surface area contributed by atoms with Crippen LogP contribution in [0.1, 0.15) is 28.7 Å². The molecule has 1 N–H and O–H groups in total. The second-order valence-electron chi connectivity index (χ2n) is 3.90. The van der Waals surface area contributed by atoms with Crippen LogP contribution >= 0.6 is 0 Å². The Morgan fingerprint density at radius 2 is 2.28 bits per heavy atom. The number of amides is 1. The number of nitrogens with one attached hydrogen (secondary N) is 1. The van der Waals surface area contributed by atoms with E-state index in [4.69, 9.17) is 4.52 Å². The van der Waals surface area contributed by atoms with Gasteiger partial charge in [0.2, 0.25) is 0 Å². The van der Waals surface area contributed by atoms with Crippen LogP contribution in [0.3, 0.4) is 0 Å². The molecule has 0 fully saturated rings. The van der Waals surface area contributed by atoms with E-state index in [0.29, 0.717) is 23.4 Å². The third kappa shape index (κ3) is 2.40. The fourth-order valence-corrected chi connectivity index (χ4v) is 1.52. The van der Waals surface area contributed by atoms with Crippen molar-refractivity contribution in [3.8, 4) is 0 Å². The average Bonchev–Trinajstić information content (AvgIpc) is 2.83. The Morgan fingerprint density at radius 3 is 2.94 bits per heavy atom. The van der Waals surface area contributed by atoms with Gasteiger partial charge < -0.3 is 9.84 Å². The Labute approximate surface area is 104 Å². The van der Waals surface area contributed by atoms with E-state index >= 15 is 0 Å². The van der Waals surface area contributed by atoms with Crippen LogP contribution in [-0.2, 0) is 6.42 Å². The van der Waals surface area contributed by atoms with Gasteiger partial charge in [-0.2, -0.15) is 0 Å². The zero-order valence-electron chi connectivity index (χ0n) is 10.2. The van der Waals surface area contributed by atoms with Gasteiger partial charge in [-0.15, -0.1) is 0 Å². The van der Waals surface area contributed by atoms with E-state index in [1.165, 1.54) is 12.1 Å².